The molecule has 0 aliphatic heterocycles. The standard InChI is InChI=1S/C14H26O2/c1-11(10-12(2)14(15)16)8-9-13-6-4-3-5-7-13/h11-13H,3-10H2,1-2H3,(H,15,16). The number of hydrogen-bond acceptors (Lipinski definition) is 1. The van der Waals surface area contributed by atoms with Crippen LogP contribution < -0.4 is 0 Å². The fraction of sp³-hybridized carbons (Fsp3) is 0.929. The molecular formula is C14H26O2. The molecule has 1 aliphatic carbocycles. The van der Waals surface area contributed by atoms with Crippen molar-refractivity contribution in [3.05, 3.63) is 0 Å². The van der Waals surface area contributed by atoms with Gasteiger partial charge in [-0.1, -0.05) is 58.8 Å². The van der Waals surface area contributed by atoms with Crippen LogP contribution >= 0.6 is 0 Å². The van der Waals surface area contributed by atoms with Gasteiger partial charge in [0.05, 0.1) is 5.92 Å². The van der Waals surface area contributed by atoms with Gasteiger partial charge in [-0.15, -0.1) is 0 Å². The SMILES string of the molecule is CC(CCC1CCCCC1)CC(C)C(=O)O. The molecule has 2 heteroatoms. The van der Waals surface area contributed by atoms with E-state index in [2.05, 4.69) is 6.92 Å². The Morgan fingerprint density at radius 2 is 1.88 bits per heavy atom. The van der Waals surface area contributed by atoms with E-state index in [1.807, 2.05) is 6.92 Å². The summed E-state index contributed by atoms with van der Waals surface area (Å²) in [6.07, 6.45) is 10.4. The van der Waals surface area contributed by atoms with Crippen LogP contribution in [0.3, 0.4) is 0 Å². The zero-order valence-corrected chi connectivity index (χ0v) is 10.7. The van der Waals surface area contributed by atoms with Crippen LogP contribution in [0.15, 0.2) is 0 Å². The van der Waals surface area contributed by atoms with E-state index >= 15 is 0 Å². The van der Waals surface area contributed by atoms with Crippen LogP contribution in [0.1, 0.15) is 65.2 Å². The lowest BCUT2D eigenvalue weighted by Gasteiger charge is -2.23. The van der Waals surface area contributed by atoms with Crippen LogP contribution in [0.25, 0.3) is 0 Å². The van der Waals surface area contributed by atoms with Crippen LogP contribution in [0.5, 0.6) is 0 Å². The molecule has 0 saturated heterocycles. The van der Waals surface area contributed by atoms with Gasteiger partial charge < -0.3 is 5.11 Å². The third-order valence-electron chi connectivity index (χ3n) is 3.97. The molecule has 0 heterocycles. The second-order valence-electron chi connectivity index (χ2n) is 5.66. The predicted octanol–water partition coefficient (Wildman–Crippen LogP) is 4.09. The van der Waals surface area contributed by atoms with Gasteiger partial charge in [-0.05, 0) is 18.3 Å². The summed E-state index contributed by atoms with van der Waals surface area (Å²) in [5.74, 6) is 0.662. The number of carboxylic acids is 1. The summed E-state index contributed by atoms with van der Waals surface area (Å²) < 4.78 is 0. The molecule has 1 aliphatic rings. The van der Waals surface area contributed by atoms with E-state index in [1.165, 1.54) is 44.9 Å². The van der Waals surface area contributed by atoms with Crippen molar-refractivity contribution in [3.8, 4) is 0 Å². The topological polar surface area (TPSA) is 37.3 Å². The molecule has 0 amide bonds. The molecule has 0 radical (unpaired) electrons. The van der Waals surface area contributed by atoms with Crippen LogP contribution in [0.2, 0.25) is 0 Å². The monoisotopic (exact) mass is 226 g/mol. The molecule has 1 saturated carbocycles. The summed E-state index contributed by atoms with van der Waals surface area (Å²) in [6.45, 7) is 4.02. The number of carboxylic acid groups (broad SMARTS) is 1. The normalized spacial score (nSPS) is 21.6. The average molecular weight is 226 g/mol. The smallest absolute Gasteiger partial charge is 0.306 e. The van der Waals surface area contributed by atoms with Crippen LogP contribution in [-0.2, 0) is 4.79 Å². The highest BCUT2D eigenvalue weighted by molar-refractivity contribution is 5.69. The Kier molecular flexibility index (Phi) is 5.86. The van der Waals surface area contributed by atoms with Crippen molar-refractivity contribution in [2.45, 2.75) is 65.2 Å². The molecule has 0 bridgehead atoms. The van der Waals surface area contributed by atoms with Gasteiger partial charge in [-0.3, -0.25) is 4.79 Å². The van der Waals surface area contributed by atoms with Gasteiger partial charge in [0.25, 0.3) is 0 Å². The lowest BCUT2D eigenvalue weighted by Crippen LogP contribution is -2.14. The van der Waals surface area contributed by atoms with Gasteiger partial charge >= 0.3 is 5.97 Å². The largest absolute Gasteiger partial charge is 0.481 e. The van der Waals surface area contributed by atoms with Crippen molar-refractivity contribution >= 4 is 5.97 Å². The van der Waals surface area contributed by atoms with Crippen molar-refractivity contribution in [2.75, 3.05) is 0 Å². The number of rotatable bonds is 6. The lowest BCUT2D eigenvalue weighted by atomic mass is 9.83. The average Bonchev–Trinajstić information content (AvgIpc) is 2.27. The molecule has 1 rings (SSSR count). The van der Waals surface area contributed by atoms with Crippen LogP contribution in [-0.4, -0.2) is 11.1 Å². The lowest BCUT2D eigenvalue weighted by molar-refractivity contribution is -0.141. The zero-order valence-electron chi connectivity index (χ0n) is 10.7. The first-order valence-electron chi connectivity index (χ1n) is 6.82. The Morgan fingerprint density at radius 1 is 1.25 bits per heavy atom. The minimum Gasteiger partial charge on any atom is -0.481 e. The molecule has 1 N–H and O–H groups in total. The Hall–Kier alpha value is -0.530. The molecule has 16 heavy (non-hydrogen) atoms. The number of hydrogen-bond donors (Lipinski definition) is 1. The molecule has 2 nitrogen and oxygen atoms in total. The third-order valence-corrected chi connectivity index (χ3v) is 3.97. The highest BCUT2D eigenvalue weighted by Gasteiger charge is 2.18. The molecule has 94 valence electrons. The highest BCUT2D eigenvalue weighted by Crippen LogP contribution is 2.29. The summed E-state index contributed by atoms with van der Waals surface area (Å²) in [5.41, 5.74) is 0. The summed E-state index contributed by atoms with van der Waals surface area (Å²) >= 11 is 0. The summed E-state index contributed by atoms with van der Waals surface area (Å²) in [4.78, 5) is 10.7. The molecule has 1 fully saturated rings. The summed E-state index contributed by atoms with van der Waals surface area (Å²) in [7, 11) is 0. The summed E-state index contributed by atoms with van der Waals surface area (Å²) in [6, 6.07) is 0. The Balaban J connectivity index is 2.13. The van der Waals surface area contributed by atoms with Gasteiger partial charge in [-0.25, -0.2) is 0 Å². The van der Waals surface area contributed by atoms with E-state index in [-0.39, 0.29) is 5.92 Å². The number of carbonyl (C=O) groups is 1. The van der Waals surface area contributed by atoms with Crippen molar-refractivity contribution in [1.29, 1.82) is 0 Å². The van der Waals surface area contributed by atoms with E-state index in [9.17, 15) is 4.79 Å². The Labute approximate surface area is 99.4 Å². The van der Waals surface area contributed by atoms with E-state index in [1.54, 1.807) is 0 Å². The molecule has 0 aromatic carbocycles. The second-order valence-corrected chi connectivity index (χ2v) is 5.66. The number of aliphatic carboxylic acids is 1. The molecule has 0 aromatic rings. The Bertz CT molecular complexity index is 207. The maximum atomic E-state index is 10.7. The fourth-order valence-electron chi connectivity index (χ4n) is 2.82. The van der Waals surface area contributed by atoms with Gasteiger partial charge in [0, 0.05) is 0 Å². The Morgan fingerprint density at radius 3 is 2.44 bits per heavy atom. The van der Waals surface area contributed by atoms with Crippen molar-refractivity contribution < 1.29 is 9.90 Å². The van der Waals surface area contributed by atoms with E-state index in [0.29, 0.717) is 5.92 Å². The first kappa shape index (κ1) is 13.5. The van der Waals surface area contributed by atoms with E-state index in [0.717, 1.165) is 12.3 Å². The minimum atomic E-state index is -0.649. The molecule has 0 spiro atoms. The van der Waals surface area contributed by atoms with Crippen molar-refractivity contribution in [2.24, 2.45) is 17.8 Å². The van der Waals surface area contributed by atoms with E-state index < -0.39 is 5.97 Å². The highest BCUT2D eigenvalue weighted by atomic mass is 16.4. The van der Waals surface area contributed by atoms with Gasteiger partial charge in [-0.2, -0.15) is 0 Å². The van der Waals surface area contributed by atoms with E-state index in [4.69, 9.17) is 5.11 Å². The molecular weight excluding hydrogens is 200 g/mol. The first-order chi connectivity index (χ1) is 7.59. The molecule has 0 aromatic heterocycles. The van der Waals surface area contributed by atoms with Crippen LogP contribution in [0, 0.1) is 17.8 Å². The zero-order chi connectivity index (χ0) is 12.0. The maximum Gasteiger partial charge on any atom is 0.306 e. The van der Waals surface area contributed by atoms with Crippen molar-refractivity contribution in [1.82, 2.24) is 0 Å². The summed E-state index contributed by atoms with van der Waals surface area (Å²) in [5, 5.41) is 8.85. The van der Waals surface area contributed by atoms with Gasteiger partial charge in [0.2, 0.25) is 0 Å². The molecule has 2 atom stereocenters. The first-order valence-corrected chi connectivity index (χ1v) is 6.82. The van der Waals surface area contributed by atoms with Crippen molar-refractivity contribution in [3.63, 3.8) is 0 Å². The predicted molar refractivity (Wildman–Crippen MR) is 66.4 cm³/mol. The van der Waals surface area contributed by atoms with Crippen LogP contribution in [0.4, 0.5) is 0 Å². The molecule has 2 unspecified atom stereocenters. The minimum absolute atomic E-state index is 0.179. The maximum absolute atomic E-state index is 10.7. The van der Waals surface area contributed by atoms with Gasteiger partial charge in [0.15, 0.2) is 0 Å². The fourth-order valence-corrected chi connectivity index (χ4v) is 2.82. The quantitative estimate of drug-likeness (QED) is 0.740. The second kappa shape index (κ2) is 6.93. The third kappa shape index (κ3) is 5.00. The van der Waals surface area contributed by atoms with Gasteiger partial charge in [0.1, 0.15) is 0 Å².